The first kappa shape index (κ1) is 14.6. The molecule has 0 aliphatic heterocycles. The van der Waals surface area contributed by atoms with E-state index in [0.29, 0.717) is 0 Å². The van der Waals surface area contributed by atoms with Crippen molar-refractivity contribution in [3.8, 4) is 5.75 Å². The second kappa shape index (κ2) is 7.11. The first-order chi connectivity index (χ1) is 9.66. The molecule has 2 aromatic carbocycles. The second-order valence-electron chi connectivity index (χ2n) is 5.27. The standard InChI is InChI=1S/C18H23NO/c1-14-10-11-18(17(13-14)15(2)19)20-12-6-9-16-7-4-3-5-8-16/h3-5,7-8,10-11,13,15H,6,9,12,19H2,1-2H3. The zero-order valence-electron chi connectivity index (χ0n) is 12.3. The average Bonchev–Trinajstić information content (AvgIpc) is 2.45. The first-order valence-corrected chi connectivity index (χ1v) is 7.19. The zero-order valence-corrected chi connectivity index (χ0v) is 12.3. The van der Waals surface area contributed by atoms with Crippen molar-refractivity contribution >= 4 is 0 Å². The van der Waals surface area contributed by atoms with Gasteiger partial charge in [0.1, 0.15) is 5.75 Å². The van der Waals surface area contributed by atoms with Gasteiger partial charge in [0, 0.05) is 11.6 Å². The Labute approximate surface area is 121 Å². The molecule has 1 atom stereocenters. The van der Waals surface area contributed by atoms with E-state index in [9.17, 15) is 0 Å². The highest BCUT2D eigenvalue weighted by molar-refractivity contribution is 5.38. The van der Waals surface area contributed by atoms with Crippen LogP contribution in [0.25, 0.3) is 0 Å². The minimum atomic E-state index is -0.000904. The molecule has 0 aromatic heterocycles. The maximum Gasteiger partial charge on any atom is 0.124 e. The van der Waals surface area contributed by atoms with E-state index in [1.54, 1.807) is 0 Å². The van der Waals surface area contributed by atoms with Crippen LogP contribution in [0, 0.1) is 6.92 Å². The predicted octanol–water partition coefficient (Wildman–Crippen LogP) is 4.03. The van der Waals surface area contributed by atoms with Gasteiger partial charge < -0.3 is 10.5 Å². The molecule has 0 heterocycles. The third kappa shape index (κ3) is 4.10. The summed E-state index contributed by atoms with van der Waals surface area (Å²) in [5, 5.41) is 0. The predicted molar refractivity (Wildman–Crippen MR) is 84.0 cm³/mol. The van der Waals surface area contributed by atoms with Crippen LogP contribution >= 0.6 is 0 Å². The molecule has 2 heteroatoms. The van der Waals surface area contributed by atoms with Gasteiger partial charge in [-0.2, -0.15) is 0 Å². The molecular formula is C18H23NO. The molecule has 2 rings (SSSR count). The number of nitrogens with two attached hydrogens (primary N) is 1. The lowest BCUT2D eigenvalue weighted by atomic mass is 10.1. The molecule has 0 spiro atoms. The van der Waals surface area contributed by atoms with E-state index in [2.05, 4.69) is 43.3 Å². The molecule has 0 saturated heterocycles. The summed E-state index contributed by atoms with van der Waals surface area (Å²) in [4.78, 5) is 0. The summed E-state index contributed by atoms with van der Waals surface area (Å²) < 4.78 is 5.90. The molecule has 2 aromatic rings. The minimum Gasteiger partial charge on any atom is -0.493 e. The summed E-state index contributed by atoms with van der Waals surface area (Å²) in [6.07, 6.45) is 2.05. The van der Waals surface area contributed by atoms with Crippen molar-refractivity contribution in [3.05, 3.63) is 65.2 Å². The minimum absolute atomic E-state index is 0.000904. The van der Waals surface area contributed by atoms with Gasteiger partial charge in [-0.3, -0.25) is 0 Å². The van der Waals surface area contributed by atoms with E-state index < -0.39 is 0 Å². The quantitative estimate of drug-likeness (QED) is 0.804. The van der Waals surface area contributed by atoms with Crippen molar-refractivity contribution in [3.63, 3.8) is 0 Å². The highest BCUT2D eigenvalue weighted by Crippen LogP contribution is 2.25. The third-order valence-electron chi connectivity index (χ3n) is 3.37. The summed E-state index contributed by atoms with van der Waals surface area (Å²) in [6.45, 7) is 4.79. The summed E-state index contributed by atoms with van der Waals surface area (Å²) in [7, 11) is 0. The van der Waals surface area contributed by atoms with Crippen LogP contribution in [-0.4, -0.2) is 6.61 Å². The Morgan fingerprint density at radius 1 is 1.10 bits per heavy atom. The maximum absolute atomic E-state index is 6.00. The van der Waals surface area contributed by atoms with Crippen molar-refractivity contribution in [2.75, 3.05) is 6.61 Å². The van der Waals surface area contributed by atoms with Crippen LogP contribution in [0.3, 0.4) is 0 Å². The number of benzene rings is 2. The molecule has 20 heavy (non-hydrogen) atoms. The van der Waals surface area contributed by atoms with E-state index in [1.807, 2.05) is 19.1 Å². The molecule has 2 N–H and O–H groups in total. The van der Waals surface area contributed by atoms with Crippen LogP contribution in [0.2, 0.25) is 0 Å². The van der Waals surface area contributed by atoms with Crippen LogP contribution in [0.15, 0.2) is 48.5 Å². The number of hydrogen-bond donors (Lipinski definition) is 1. The highest BCUT2D eigenvalue weighted by atomic mass is 16.5. The molecular weight excluding hydrogens is 246 g/mol. The Balaban J connectivity index is 1.88. The number of hydrogen-bond acceptors (Lipinski definition) is 2. The average molecular weight is 269 g/mol. The maximum atomic E-state index is 6.00. The molecule has 2 nitrogen and oxygen atoms in total. The first-order valence-electron chi connectivity index (χ1n) is 7.19. The number of rotatable bonds is 6. The van der Waals surface area contributed by atoms with Gasteiger partial charge in [0.2, 0.25) is 0 Å². The Bertz CT molecular complexity index is 534. The van der Waals surface area contributed by atoms with Crippen LogP contribution in [0.1, 0.15) is 36.1 Å². The molecule has 0 radical (unpaired) electrons. The van der Waals surface area contributed by atoms with E-state index >= 15 is 0 Å². The Kier molecular flexibility index (Phi) is 5.19. The van der Waals surface area contributed by atoms with E-state index in [1.165, 1.54) is 11.1 Å². The van der Waals surface area contributed by atoms with Gasteiger partial charge in [-0.05, 0) is 38.3 Å². The van der Waals surface area contributed by atoms with Crippen LogP contribution in [0.4, 0.5) is 0 Å². The van der Waals surface area contributed by atoms with Crippen molar-refractivity contribution in [2.45, 2.75) is 32.7 Å². The highest BCUT2D eigenvalue weighted by Gasteiger charge is 2.08. The molecule has 106 valence electrons. The molecule has 0 saturated carbocycles. The van der Waals surface area contributed by atoms with Gasteiger partial charge in [-0.15, -0.1) is 0 Å². The normalized spacial score (nSPS) is 12.2. The summed E-state index contributed by atoms with van der Waals surface area (Å²) >= 11 is 0. The van der Waals surface area contributed by atoms with Gasteiger partial charge >= 0.3 is 0 Å². The fourth-order valence-corrected chi connectivity index (χ4v) is 2.26. The van der Waals surface area contributed by atoms with Gasteiger partial charge in [-0.1, -0.05) is 48.0 Å². The molecule has 0 aliphatic carbocycles. The van der Waals surface area contributed by atoms with Gasteiger partial charge in [0.05, 0.1) is 6.61 Å². The molecule has 0 bridgehead atoms. The lowest BCUT2D eigenvalue weighted by Crippen LogP contribution is -2.09. The fraction of sp³-hybridized carbons (Fsp3) is 0.333. The monoisotopic (exact) mass is 269 g/mol. The largest absolute Gasteiger partial charge is 0.493 e. The Morgan fingerprint density at radius 3 is 2.55 bits per heavy atom. The third-order valence-corrected chi connectivity index (χ3v) is 3.37. The van der Waals surface area contributed by atoms with Gasteiger partial charge in [0.25, 0.3) is 0 Å². The van der Waals surface area contributed by atoms with Gasteiger partial charge in [-0.25, -0.2) is 0 Å². The molecule has 0 aliphatic rings. The zero-order chi connectivity index (χ0) is 14.4. The smallest absolute Gasteiger partial charge is 0.124 e. The van der Waals surface area contributed by atoms with Crippen molar-refractivity contribution < 1.29 is 4.74 Å². The molecule has 0 amide bonds. The van der Waals surface area contributed by atoms with E-state index in [-0.39, 0.29) is 6.04 Å². The van der Waals surface area contributed by atoms with Crippen LogP contribution < -0.4 is 10.5 Å². The summed E-state index contributed by atoms with van der Waals surface area (Å²) in [5.41, 5.74) is 9.66. The SMILES string of the molecule is Cc1ccc(OCCCc2ccccc2)c(C(C)N)c1. The van der Waals surface area contributed by atoms with E-state index in [4.69, 9.17) is 10.5 Å². The molecule has 1 unspecified atom stereocenters. The lowest BCUT2D eigenvalue weighted by Gasteiger charge is -2.14. The van der Waals surface area contributed by atoms with Gasteiger partial charge in [0.15, 0.2) is 0 Å². The molecule has 0 fully saturated rings. The lowest BCUT2D eigenvalue weighted by molar-refractivity contribution is 0.306. The Morgan fingerprint density at radius 2 is 1.85 bits per heavy atom. The summed E-state index contributed by atoms with van der Waals surface area (Å²) in [6, 6.07) is 16.7. The van der Waals surface area contributed by atoms with Crippen LogP contribution in [-0.2, 0) is 6.42 Å². The second-order valence-corrected chi connectivity index (χ2v) is 5.27. The number of aryl methyl sites for hydroxylation is 2. The van der Waals surface area contributed by atoms with Crippen molar-refractivity contribution in [1.29, 1.82) is 0 Å². The van der Waals surface area contributed by atoms with E-state index in [0.717, 1.165) is 30.8 Å². The number of ether oxygens (including phenoxy) is 1. The fourth-order valence-electron chi connectivity index (χ4n) is 2.26. The van der Waals surface area contributed by atoms with Crippen LogP contribution in [0.5, 0.6) is 5.75 Å². The van der Waals surface area contributed by atoms with Crippen molar-refractivity contribution in [2.24, 2.45) is 5.73 Å². The topological polar surface area (TPSA) is 35.2 Å². The Hall–Kier alpha value is -1.80. The van der Waals surface area contributed by atoms with Crippen molar-refractivity contribution in [1.82, 2.24) is 0 Å². The summed E-state index contributed by atoms with van der Waals surface area (Å²) in [5.74, 6) is 0.915.